The fourth-order valence-electron chi connectivity index (χ4n) is 5.39. The van der Waals surface area contributed by atoms with Crippen LogP contribution in [-0.4, -0.2) is 55.0 Å². The Kier molecular flexibility index (Phi) is 9.02. The van der Waals surface area contributed by atoms with Crippen molar-refractivity contribution in [3.8, 4) is 0 Å². The molecule has 2 aromatic rings. The van der Waals surface area contributed by atoms with Crippen LogP contribution in [0.3, 0.4) is 0 Å². The summed E-state index contributed by atoms with van der Waals surface area (Å²) < 4.78 is 91.8. The number of amides is 1. The van der Waals surface area contributed by atoms with Gasteiger partial charge in [-0.05, 0) is 56.0 Å². The number of benzene rings is 2. The van der Waals surface area contributed by atoms with Gasteiger partial charge in [-0.15, -0.1) is 0 Å². The van der Waals surface area contributed by atoms with Gasteiger partial charge in [-0.1, -0.05) is 30.3 Å². The minimum absolute atomic E-state index is 0.0497. The van der Waals surface area contributed by atoms with E-state index in [2.05, 4.69) is 10.3 Å². The smallest absolute Gasteiger partial charge is 0.416 e. The molecule has 1 fully saturated rings. The number of nitrogens with one attached hydrogen (secondary N) is 1. The van der Waals surface area contributed by atoms with Crippen LogP contribution in [0.5, 0.6) is 0 Å². The van der Waals surface area contributed by atoms with E-state index in [1.165, 1.54) is 18.2 Å². The maximum atomic E-state index is 13.4. The van der Waals surface area contributed by atoms with E-state index in [1.807, 2.05) is 12.1 Å². The van der Waals surface area contributed by atoms with Gasteiger partial charge in [0.1, 0.15) is 6.54 Å². The SMILES string of the molecule is CCOC(=O)C[C@]1(N2C=NCC2=O)CC[C@@](CO[C@H](C)c2cc(C(F)(F)F)cc(C(F)(F)F)c2)(c2ccccc2)NC1. The molecule has 3 atom stereocenters. The number of ether oxygens (including phenoxy) is 2. The molecule has 0 saturated carbocycles. The minimum Gasteiger partial charge on any atom is -0.466 e. The first-order valence-corrected chi connectivity index (χ1v) is 13.4. The molecule has 1 amide bonds. The summed E-state index contributed by atoms with van der Waals surface area (Å²) in [6.45, 7) is 3.18. The number of hydrogen-bond acceptors (Lipinski definition) is 6. The number of piperidine rings is 1. The second-order valence-corrected chi connectivity index (χ2v) is 10.5. The summed E-state index contributed by atoms with van der Waals surface area (Å²) in [5.41, 5.74) is -4.26. The summed E-state index contributed by atoms with van der Waals surface area (Å²) in [7, 11) is 0. The van der Waals surface area contributed by atoms with Gasteiger partial charge >= 0.3 is 18.3 Å². The largest absolute Gasteiger partial charge is 0.466 e. The van der Waals surface area contributed by atoms with Crippen LogP contribution in [0.2, 0.25) is 0 Å². The normalized spacial score (nSPS) is 23.7. The van der Waals surface area contributed by atoms with Crippen molar-refractivity contribution in [2.75, 3.05) is 26.3 Å². The third kappa shape index (κ3) is 6.78. The lowest BCUT2D eigenvalue weighted by molar-refractivity contribution is -0.148. The monoisotopic (exact) mass is 599 g/mol. The number of carbonyl (C=O) groups excluding carboxylic acids is 2. The molecule has 42 heavy (non-hydrogen) atoms. The average Bonchev–Trinajstić information content (AvgIpc) is 3.38. The van der Waals surface area contributed by atoms with E-state index in [-0.39, 0.29) is 50.3 Å². The lowest BCUT2D eigenvalue weighted by atomic mass is 9.74. The van der Waals surface area contributed by atoms with E-state index in [9.17, 15) is 35.9 Å². The highest BCUT2D eigenvalue weighted by molar-refractivity contribution is 5.95. The Bertz CT molecular complexity index is 1270. The van der Waals surface area contributed by atoms with Gasteiger partial charge in [-0.3, -0.25) is 19.5 Å². The van der Waals surface area contributed by atoms with Crippen molar-refractivity contribution in [2.24, 2.45) is 4.99 Å². The molecular weight excluding hydrogens is 568 g/mol. The van der Waals surface area contributed by atoms with Crippen LogP contribution in [0.4, 0.5) is 26.3 Å². The molecular formula is C29H31F6N3O4. The van der Waals surface area contributed by atoms with E-state index in [0.717, 1.165) is 5.56 Å². The maximum absolute atomic E-state index is 13.4. The van der Waals surface area contributed by atoms with E-state index < -0.39 is 46.6 Å². The molecule has 228 valence electrons. The molecule has 7 nitrogen and oxygen atoms in total. The predicted molar refractivity (Wildman–Crippen MR) is 140 cm³/mol. The Labute approximate surface area is 238 Å². The standard InChI is InChI=1S/C29H31F6N3O4/c1-3-41-25(40)14-26(38-18-36-15-24(38)39)9-10-27(37-16-26,21-7-5-4-6-8-21)17-42-19(2)20-11-22(28(30,31)32)13-23(12-20)29(33,34)35/h4-8,11-13,18-19,37H,3,9-10,14-17H2,1-2H3/t19-,26-,27-/m1/s1. The summed E-state index contributed by atoms with van der Waals surface area (Å²) in [6.07, 6.45) is -9.16. The van der Waals surface area contributed by atoms with Gasteiger partial charge in [0.25, 0.3) is 0 Å². The zero-order chi connectivity index (χ0) is 30.8. The van der Waals surface area contributed by atoms with Crippen molar-refractivity contribution >= 4 is 18.2 Å². The number of esters is 1. The van der Waals surface area contributed by atoms with E-state index in [1.54, 1.807) is 25.1 Å². The first-order valence-electron chi connectivity index (χ1n) is 13.4. The lowest BCUT2D eigenvalue weighted by Crippen LogP contribution is -2.65. The lowest BCUT2D eigenvalue weighted by Gasteiger charge is -2.50. The number of carbonyl (C=O) groups is 2. The van der Waals surface area contributed by atoms with Gasteiger partial charge in [0.15, 0.2) is 0 Å². The topological polar surface area (TPSA) is 80.2 Å². The van der Waals surface area contributed by atoms with Crippen LogP contribution < -0.4 is 5.32 Å². The number of aliphatic imine (C=N–C) groups is 1. The highest BCUT2D eigenvalue weighted by Crippen LogP contribution is 2.41. The molecule has 0 bridgehead atoms. The first kappa shape index (κ1) is 31.5. The Balaban J connectivity index is 1.62. The number of alkyl halides is 6. The van der Waals surface area contributed by atoms with Crippen molar-refractivity contribution in [3.05, 3.63) is 70.8 Å². The van der Waals surface area contributed by atoms with Crippen LogP contribution in [-0.2, 0) is 37.0 Å². The number of hydrogen-bond donors (Lipinski definition) is 1. The molecule has 2 aliphatic rings. The number of rotatable bonds is 9. The molecule has 1 saturated heterocycles. The molecule has 0 radical (unpaired) electrons. The fourth-order valence-corrected chi connectivity index (χ4v) is 5.39. The van der Waals surface area contributed by atoms with Gasteiger partial charge < -0.3 is 14.8 Å². The molecule has 1 N–H and O–H groups in total. The second kappa shape index (κ2) is 12.0. The molecule has 2 aliphatic heterocycles. The van der Waals surface area contributed by atoms with E-state index in [0.29, 0.717) is 25.0 Å². The predicted octanol–water partition coefficient (Wildman–Crippen LogP) is 5.64. The average molecular weight is 600 g/mol. The maximum Gasteiger partial charge on any atom is 0.416 e. The molecule has 0 aromatic heterocycles. The van der Waals surface area contributed by atoms with Gasteiger partial charge in [0.2, 0.25) is 5.91 Å². The van der Waals surface area contributed by atoms with Gasteiger partial charge in [-0.25, -0.2) is 0 Å². The highest BCUT2D eigenvalue weighted by atomic mass is 19.4. The van der Waals surface area contributed by atoms with Crippen molar-refractivity contribution in [1.29, 1.82) is 0 Å². The summed E-state index contributed by atoms with van der Waals surface area (Å²) in [5.74, 6) is -0.766. The quantitative estimate of drug-likeness (QED) is 0.298. The molecule has 0 spiro atoms. The second-order valence-electron chi connectivity index (χ2n) is 10.5. The number of halogens is 6. The summed E-state index contributed by atoms with van der Waals surface area (Å²) >= 11 is 0. The Morgan fingerprint density at radius 3 is 2.19 bits per heavy atom. The van der Waals surface area contributed by atoms with Crippen LogP contribution in [0.15, 0.2) is 53.5 Å². The molecule has 2 aromatic carbocycles. The van der Waals surface area contributed by atoms with Crippen LogP contribution in [0.1, 0.15) is 61.5 Å². The third-order valence-electron chi connectivity index (χ3n) is 7.74. The zero-order valence-electron chi connectivity index (χ0n) is 23.0. The molecule has 0 unspecified atom stereocenters. The van der Waals surface area contributed by atoms with Gasteiger partial charge in [0, 0.05) is 6.54 Å². The molecule has 2 heterocycles. The van der Waals surface area contributed by atoms with Crippen molar-refractivity contribution in [2.45, 2.75) is 62.6 Å². The van der Waals surface area contributed by atoms with E-state index in [4.69, 9.17) is 9.47 Å². The van der Waals surface area contributed by atoms with Crippen molar-refractivity contribution in [1.82, 2.24) is 10.2 Å². The molecule has 13 heteroatoms. The first-order chi connectivity index (χ1) is 19.7. The van der Waals surface area contributed by atoms with Crippen LogP contribution >= 0.6 is 0 Å². The Morgan fingerprint density at radius 2 is 1.69 bits per heavy atom. The number of nitrogens with zero attached hydrogens (tertiary/aromatic N) is 2. The molecule has 4 rings (SSSR count). The van der Waals surface area contributed by atoms with E-state index >= 15 is 0 Å². The van der Waals surface area contributed by atoms with Crippen molar-refractivity contribution in [3.63, 3.8) is 0 Å². The zero-order valence-corrected chi connectivity index (χ0v) is 23.0. The van der Waals surface area contributed by atoms with Crippen molar-refractivity contribution < 1.29 is 45.4 Å². The van der Waals surface area contributed by atoms with Crippen LogP contribution in [0.25, 0.3) is 0 Å². The minimum atomic E-state index is -4.98. The summed E-state index contributed by atoms with van der Waals surface area (Å²) in [5, 5.41) is 3.41. The van der Waals surface area contributed by atoms with Crippen LogP contribution in [0, 0.1) is 0 Å². The summed E-state index contributed by atoms with van der Waals surface area (Å²) in [6, 6.07) is 10.4. The summed E-state index contributed by atoms with van der Waals surface area (Å²) in [4.78, 5) is 30.7. The van der Waals surface area contributed by atoms with Gasteiger partial charge in [0.05, 0.1) is 54.3 Å². The fraction of sp³-hybridized carbons (Fsp3) is 0.483. The Morgan fingerprint density at radius 1 is 1.05 bits per heavy atom. The Hall–Kier alpha value is -3.45. The van der Waals surface area contributed by atoms with Gasteiger partial charge in [-0.2, -0.15) is 26.3 Å². The highest BCUT2D eigenvalue weighted by Gasteiger charge is 2.50. The molecule has 0 aliphatic carbocycles. The third-order valence-corrected chi connectivity index (χ3v) is 7.74.